The van der Waals surface area contributed by atoms with Crippen molar-refractivity contribution in [1.29, 1.82) is 0 Å². The largest absolute Gasteiger partial charge is 0.463 e. The van der Waals surface area contributed by atoms with Crippen LogP contribution in [0, 0.1) is 0 Å². The van der Waals surface area contributed by atoms with Crippen molar-refractivity contribution in [3.05, 3.63) is 72.3 Å². The molecule has 0 saturated heterocycles. The molecule has 0 bridgehead atoms. The zero-order chi connectivity index (χ0) is 16.8. The molecule has 1 aliphatic carbocycles. The third-order valence-corrected chi connectivity index (χ3v) is 3.79. The zero-order valence-electron chi connectivity index (χ0n) is 13.9. The molecule has 0 aromatic heterocycles. The molecule has 0 N–H and O–H groups in total. The Labute approximate surface area is 137 Å². The summed E-state index contributed by atoms with van der Waals surface area (Å²) in [4.78, 5) is 10.1. The number of carbonyl (C=O) groups is 1. The molecule has 2 nitrogen and oxygen atoms in total. The summed E-state index contributed by atoms with van der Waals surface area (Å²) >= 11 is 0. The smallest absolute Gasteiger partial charge is 0.330 e. The molecule has 0 unspecified atom stereocenters. The number of benzene rings is 2. The predicted molar refractivity (Wildman–Crippen MR) is 98.1 cm³/mol. The van der Waals surface area contributed by atoms with Crippen LogP contribution in [0.4, 0.5) is 0 Å². The van der Waals surface area contributed by atoms with E-state index in [1.807, 2.05) is 0 Å². The lowest BCUT2D eigenvalue weighted by atomic mass is 10.0. The normalized spacial score (nSPS) is 12.3. The molecule has 0 spiro atoms. The Balaban J connectivity index is 0.000000236. The molecule has 23 heavy (non-hydrogen) atoms. The molecule has 0 saturated carbocycles. The van der Waals surface area contributed by atoms with Gasteiger partial charge in [-0.25, -0.2) is 4.79 Å². The van der Waals surface area contributed by atoms with E-state index >= 15 is 0 Å². The number of hydrogen-bond donors (Lipinski definition) is 0. The van der Waals surface area contributed by atoms with Crippen LogP contribution in [-0.4, -0.2) is 12.6 Å². The molecule has 2 aromatic rings. The summed E-state index contributed by atoms with van der Waals surface area (Å²) in [5, 5.41) is 2.75. The maximum absolute atomic E-state index is 10.1. The lowest BCUT2D eigenvalue weighted by Gasteiger charge is -2.02. The highest BCUT2D eigenvalue weighted by Crippen LogP contribution is 2.42. The third kappa shape index (κ3) is 3.42. The Morgan fingerprint density at radius 2 is 1.83 bits per heavy atom. The molecule has 0 aliphatic heterocycles. The minimum atomic E-state index is -0.359. The van der Waals surface area contributed by atoms with Gasteiger partial charge in [0.1, 0.15) is 0 Å². The second-order valence-corrected chi connectivity index (χ2v) is 5.20. The molecule has 3 rings (SSSR count). The summed E-state index contributed by atoms with van der Waals surface area (Å²) in [5.74, 6) is -0.359. The fourth-order valence-electron chi connectivity index (χ4n) is 2.81. The van der Waals surface area contributed by atoms with E-state index in [2.05, 4.69) is 73.7 Å². The van der Waals surface area contributed by atoms with Crippen molar-refractivity contribution in [2.75, 3.05) is 6.61 Å². The van der Waals surface area contributed by atoms with E-state index in [1.54, 1.807) is 6.92 Å². The number of hydrogen-bond acceptors (Lipinski definition) is 2. The van der Waals surface area contributed by atoms with Crippen molar-refractivity contribution >= 4 is 27.9 Å². The van der Waals surface area contributed by atoms with Gasteiger partial charge in [0.2, 0.25) is 0 Å². The van der Waals surface area contributed by atoms with Crippen molar-refractivity contribution in [2.45, 2.75) is 20.8 Å². The minimum absolute atomic E-state index is 0.359. The fourth-order valence-corrected chi connectivity index (χ4v) is 2.81. The average Bonchev–Trinajstić information content (AvgIpc) is 2.84. The monoisotopic (exact) mass is 306 g/mol. The van der Waals surface area contributed by atoms with Gasteiger partial charge in [-0.1, -0.05) is 55.1 Å². The molecular weight excluding hydrogens is 284 g/mol. The van der Waals surface area contributed by atoms with Crippen LogP contribution >= 0.6 is 0 Å². The highest BCUT2D eigenvalue weighted by atomic mass is 16.5. The summed E-state index contributed by atoms with van der Waals surface area (Å²) in [6, 6.07) is 13.1. The lowest BCUT2D eigenvalue weighted by molar-refractivity contribution is -0.137. The minimum Gasteiger partial charge on any atom is -0.463 e. The van der Waals surface area contributed by atoms with E-state index in [9.17, 15) is 4.79 Å². The first-order chi connectivity index (χ1) is 11.1. The third-order valence-electron chi connectivity index (χ3n) is 3.79. The Kier molecular flexibility index (Phi) is 5.53. The van der Waals surface area contributed by atoms with Gasteiger partial charge in [0.05, 0.1) is 6.61 Å². The molecule has 2 aromatic carbocycles. The number of allylic oxidation sites excluding steroid dienone is 4. The molecule has 0 atom stereocenters. The summed E-state index contributed by atoms with van der Waals surface area (Å²) < 4.78 is 4.43. The molecule has 0 fully saturated rings. The lowest BCUT2D eigenvalue weighted by Crippen LogP contribution is -1.97. The van der Waals surface area contributed by atoms with Crippen LogP contribution < -0.4 is 0 Å². The van der Waals surface area contributed by atoms with E-state index in [4.69, 9.17) is 0 Å². The van der Waals surface area contributed by atoms with E-state index in [-0.39, 0.29) is 5.97 Å². The molecule has 0 radical (unpaired) electrons. The van der Waals surface area contributed by atoms with Crippen LogP contribution in [0.1, 0.15) is 31.9 Å². The Bertz CT molecular complexity index is 789. The van der Waals surface area contributed by atoms with Gasteiger partial charge in [-0.15, -0.1) is 0 Å². The first kappa shape index (κ1) is 16.8. The molecule has 1 aliphatic rings. The zero-order valence-corrected chi connectivity index (χ0v) is 13.9. The van der Waals surface area contributed by atoms with Crippen molar-refractivity contribution in [2.24, 2.45) is 0 Å². The van der Waals surface area contributed by atoms with Gasteiger partial charge in [0.15, 0.2) is 0 Å². The number of carbonyl (C=O) groups excluding carboxylic acids is 1. The SMILES string of the molecule is C/C=C\C1=C(C)c2cccc3cccc1c23.C=CC(=O)OCC. The van der Waals surface area contributed by atoms with Crippen molar-refractivity contribution in [1.82, 2.24) is 0 Å². The van der Waals surface area contributed by atoms with Gasteiger partial charge < -0.3 is 4.74 Å². The van der Waals surface area contributed by atoms with Crippen molar-refractivity contribution in [3.63, 3.8) is 0 Å². The first-order valence-corrected chi connectivity index (χ1v) is 7.79. The van der Waals surface area contributed by atoms with Crippen LogP contribution in [0.15, 0.2) is 61.2 Å². The molecular formula is C21H22O2. The Morgan fingerprint density at radius 1 is 1.17 bits per heavy atom. The van der Waals surface area contributed by atoms with Crippen molar-refractivity contribution < 1.29 is 9.53 Å². The van der Waals surface area contributed by atoms with Crippen LogP contribution in [-0.2, 0) is 9.53 Å². The highest BCUT2D eigenvalue weighted by molar-refractivity contribution is 6.15. The summed E-state index contributed by atoms with van der Waals surface area (Å²) in [7, 11) is 0. The standard InChI is InChI=1S/C16H14.C5H8O2/c1-3-6-13-11(2)14-9-4-7-12-8-5-10-15(13)16(12)14;1-3-5(6)7-4-2/h3-10H,1-2H3;3H,1,4H2,2H3/b6-3-;. The summed E-state index contributed by atoms with van der Waals surface area (Å²) in [6.45, 7) is 9.66. The van der Waals surface area contributed by atoms with Gasteiger partial charge >= 0.3 is 5.97 Å². The topological polar surface area (TPSA) is 26.3 Å². The quantitative estimate of drug-likeness (QED) is 0.561. The van der Waals surface area contributed by atoms with Crippen LogP contribution in [0.25, 0.3) is 21.9 Å². The molecule has 0 amide bonds. The van der Waals surface area contributed by atoms with Gasteiger partial charge in [-0.3, -0.25) is 0 Å². The van der Waals surface area contributed by atoms with E-state index in [0.29, 0.717) is 6.61 Å². The van der Waals surface area contributed by atoms with Crippen LogP contribution in [0.2, 0.25) is 0 Å². The van der Waals surface area contributed by atoms with Gasteiger partial charge in [-0.05, 0) is 53.8 Å². The predicted octanol–water partition coefficient (Wildman–Crippen LogP) is 5.40. The van der Waals surface area contributed by atoms with E-state index in [0.717, 1.165) is 6.08 Å². The summed E-state index contributed by atoms with van der Waals surface area (Å²) in [5.41, 5.74) is 5.53. The molecule has 118 valence electrons. The maximum Gasteiger partial charge on any atom is 0.330 e. The van der Waals surface area contributed by atoms with Crippen LogP contribution in [0.3, 0.4) is 0 Å². The second-order valence-electron chi connectivity index (χ2n) is 5.20. The number of rotatable bonds is 3. The average molecular weight is 306 g/mol. The second kappa shape index (κ2) is 7.59. The number of esters is 1. The fraction of sp³-hybridized carbons (Fsp3) is 0.190. The van der Waals surface area contributed by atoms with E-state index < -0.39 is 0 Å². The highest BCUT2D eigenvalue weighted by Gasteiger charge is 2.18. The summed E-state index contributed by atoms with van der Waals surface area (Å²) in [6.07, 6.45) is 5.47. The maximum atomic E-state index is 10.1. The Morgan fingerprint density at radius 3 is 2.35 bits per heavy atom. The molecule has 0 heterocycles. The first-order valence-electron chi connectivity index (χ1n) is 7.79. The van der Waals surface area contributed by atoms with Crippen molar-refractivity contribution in [3.8, 4) is 0 Å². The Hall–Kier alpha value is -2.61. The van der Waals surface area contributed by atoms with Gasteiger partial charge in [0, 0.05) is 6.08 Å². The molecule has 2 heteroatoms. The van der Waals surface area contributed by atoms with Gasteiger partial charge in [-0.2, -0.15) is 0 Å². The van der Waals surface area contributed by atoms with Gasteiger partial charge in [0.25, 0.3) is 0 Å². The van der Waals surface area contributed by atoms with Crippen LogP contribution in [0.5, 0.6) is 0 Å². The number of ether oxygens (including phenoxy) is 1. The van der Waals surface area contributed by atoms with E-state index in [1.165, 1.54) is 33.0 Å².